The van der Waals surface area contributed by atoms with Crippen LogP contribution in [0.3, 0.4) is 0 Å². The van der Waals surface area contributed by atoms with Crippen LogP contribution in [-0.2, 0) is 18.3 Å². The van der Waals surface area contributed by atoms with Gasteiger partial charge in [-0.2, -0.15) is 10.2 Å². The number of carbonyl (C=O) groups is 1. The van der Waals surface area contributed by atoms with E-state index in [2.05, 4.69) is 22.2 Å². The minimum Gasteiger partial charge on any atom is -0.334 e. The Labute approximate surface area is 136 Å². The van der Waals surface area contributed by atoms with Crippen molar-refractivity contribution >= 4 is 5.91 Å². The van der Waals surface area contributed by atoms with Crippen LogP contribution in [0.5, 0.6) is 0 Å². The number of rotatable bonds is 4. The van der Waals surface area contributed by atoms with Gasteiger partial charge >= 0.3 is 0 Å². The van der Waals surface area contributed by atoms with Crippen LogP contribution < -0.4 is 0 Å². The van der Waals surface area contributed by atoms with Gasteiger partial charge in [-0.15, -0.1) is 0 Å². The van der Waals surface area contributed by atoms with Gasteiger partial charge in [0.05, 0.1) is 24.1 Å². The largest absolute Gasteiger partial charge is 0.334 e. The van der Waals surface area contributed by atoms with E-state index in [9.17, 15) is 4.79 Å². The number of H-pyrrole nitrogens is 1. The molecule has 1 aliphatic heterocycles. The zero-order valence-electron chi connectivity index (χ0n) is 14.2. The smallest absolute Gasteiger partial charge is 0.223 e. The van der Waals surface area contributed by atoms with E-state index < -0.39 is 0 Å². The van der Waals surface area contributed by atoms with Crippen molar-refractivity contribution in [1.29, 1.82) is 0 Å². The lowest BCUT2D eigenvalue weighted by atomic mass is 9.96. The van der Waals surface area contributed by atoms with Gasteiger partial charge in [-0.1, -0.05) is 0 Å². The third-order valence-electron chi connectivity index (χ3n) is 4.97. The molecule has 124 valence electrons. The highest BCUT2D eigenvalue weighted by atomic mass is 16.2. The molecule has 1 atom stereocenters. The minimum absolute atomic E-state index is 0.147. The summed E-state index contributed by atoms with van der Waals surface area (Å²) in [6.45, 7) is 4.94. The maximum atomic E-state index is 12.8. The van der Waals surface area contributed by atoms with Crippen LogP contribution in [0.1, 0.15) is 54.2 Å². The molecule has 23 heavy (non-hydrogen) atoms. The van der Waals surface area contributed by atoms with Crippen LogP contribution in [0.2, 0.25) is 0 Å². The summed E-state index contributed by atoms with van der Waals surface area (Å²) in [7, 11) is 1.93. The first-order valence-corrected chi connectivity index (χ1v) is 8.34. The zero-order chi connectivity index (χ0) is 16.4. The first-order chi connectivity index (χ1) is 11.1. The molecular formula is C17H25N5O. The molecular weight excluding hydrogens is 290 g/mol. The van der Waals surface area contributed by atoms with Crippen LogP contribution in [0.15, 0.2) is 12.4 Å². The molecule has 1 amide bonds. The summed E-state index contributed by atoms with van der Waals surface area (Å²) in [6.07, 6.45) is 8.26. The van der Waals surface area contributed by atoms with Gasteiger partial charge in [-0.05, 0) is 50.7 Å². The number of aromatic nitrogens is 4. The number of aromatic amines is 1. The van der Waals surface area contributed by atoms with E-state index >= 15 is 0 Å². The van der Waals surface area contributed by atoms with Gasteiger partial charge in [0, 0.05) is 25.7 Å². The number of aryl methyl sites for hydroxylation is 3. The van der Waals surface area contributed by atoms with E-state index in [-0.39, 0.29) is 11.9 Å². The molecule has 0 bridgehead atoms. The summed E-state index contributed by atoms with van der Waals surface area (Å²) in [5.74, 6) is 0.229. The molecule has 6 heteroatoms. The quantitative estimate of drug-likeness (QED) is 0.942. The first-order valence-electron chi connectivity index (χ1n) is 8.34. The summed E-state index contributed by atoms with van der Waals surface area (Å²) in [5.41, 5.74) is 4.53. The van der Waals surface area contributed by atoms with Crippen molar-refractivity contribution in [3.05, 3.63) is 34.9 Å². The topological polar surface area (TPSA) is 66.8 Å². The SMILES string of the molecule is Cc1cn[nH]c1[C@@H]1CCCCN1C(=O)CCc1cnn(C)c1C. The van der Waals surface area contributed by atoms with Gasteiger partial charge in [0.25, 0.3) is 0 Å². The fraction of sp³-hybridized carbons (Fsp3) is 0.588. The van der Waals surface area contributed by atoms with E-state index in [0.717, 1.165) is 54.7 Å². The van der Waals surface area contributed by atoms with Gasteiger partial charge in [0.15, 0.2) is 0 Å². The maximum absolute atomic E-state index is 12.8. The molecule has 0 spiro atoms. The monoisotopic (exact) mass is 315 g/mol. The molecule has 1 aliphatic rings. The number of nitrogens with zero attached hydrogens (tertiary/aromatic N) is 4. The van der Waals surface area contributed by atoms with Gasteiger partial charge < -0.3 is 4.90 Å². The standard InChI is InChI=1S/C17H25N5O/c1-12-10-18-20-17(12)15-6-4-5-9-22(15)16(23)8-7-14-11-19-21(3)13(14)2/h10-11,15H,4-9H2,1-3H3,(H,18,20)/t15-/m0/s1. The van der Waals surface area contributed by atoms with Gasteiger partial charge in [0.1, 0.15) is 0 Å². The lowest BCUT2D eigenvalue weighted by Crippen LogP contribution is -2.39. The predicted molar refractivity (Wildman–Crippen MR) is 87.9 cm³/mol. The second-order valence-electron chi connectivity index (χ2n) is 6.44. The van der Waals surface area contributed by atoms with Gasteiger partial charge in [-0.25, -0.2) is 0 Å². The Balaban J connectivity index is 1.69. The van der Waals surface area contributed by atoms with Crippen LogP contribution in [0.4, 0.5) is 0 Å². The molecule has 3 rings (SSSR count). The number of piperidine rings is 1. The van der Waals surface area contributed by atoms with E-state index in [1.807, 2.05) is 35.9 Å². The third-order valence-corrected chi connectivity index (χ3v) is 4.97. The van der Waals surface area contributed by atoms with E-state index in [0.29, 0.717) is 6.42 Å². The molecule has 0 aromatic carbocycles. The highest BCUT2D eigenvalue weighted by Crippen LogP contribution is 2.32. The molecule has 6 nitrogen and oxygen atoms in total. The van der Waals surface area contributed by atoms with E-state index in [1.165, 1.54) is 0 Å². The van der Waals surface area contributed by atoms with Crippen molar-refractivity contribution in [2.45, 2.75) is 52.0 Å². The van der Waals surface area contributed by atoms with E-state index in [4.69, 9.17) is 0 Å². The Hall–Kier alpha value is -2.11. The fourth-order valence-electron chi connectivity index (χ4n) is 3.40. The number of hydrogen-bond acceptors (Lipinski definition) is 3. The lowest BCUT2D eigenvalue weighted by Gasteiger charge is -2.35. The van der Waals surface area contributed by atoms with Crippen molar-refractivity contribution in [2.24, 2.45) is 7.05 Å². The van der Waals surface area contributed by atoms with Crippen molar-refractivity contribution in [3.63, 3.8) is 0 Å². The first kappa shape index (κ1) is 15.8. The Morgan fingerprint density at radius 2 is 2.17 bits per heavy atom. The molecule has 1 fully saturated rings. The van der Waals surface area contributed by atoms with E-state index in [1.54, 1.807) is 0 Å². The summed E-state index contributed by atoms with van der Waals surface area (Å²) < 4.78 is 1.86. The summed E-state index contributed by atoms with van der Waals surface area (Å²) in [5, 5.41) is 11.5. The third kappa shape index (κ3) is 3.16. The Morgan fingerprint density at radius 1 is 1.35 bits per heavy atom. The molecule has 1 N–H and O–H groups in total. The highest BCUT2D eigenvalue weighted by Gasteiger charge is 2.29. The summed E-state index contributed by atoms with van der Waals surface area (Å²) >= 11 is 0. The minimum atomic E-state index is 0.147. The van der Waals surface area contributed by atoms with Crippen molar-refractivity contribution in [1.82, 2.24) is 24.9 Å². The van der Waals surface area contributed by atoms with Crippen molar-refractivity contribution in [2.75, 3.05) is 6.54 Å². The highest BCUT2D eigenvalue weighted by molar-refractivity contribution is 5.77. The van der Waals surface area contributed by atoms with Crippen LogP contribution in [0.25, 0.3) is 0 Å². The molecule has 3 heterocycles. The molecule has 2 aromatic heterocycles. The number of nitrogens with one attached hydrogen (secondary N) is 1. The Morgan fingerprint density at radius 3 is 2.83 bits per heavy atom. The van der Waals surface area contributed by atoms with Gasteiger partial charge in [0.2, 0.25) is 5.91 Å². The van der Waals surface area contributed by atoms with Crippen LogP contribution >= 0.6 is 0 Å². The molecule has 2 aromatic rings. The average molecular weight is 315 g/mol. The normalized spacial score (nSPS) is 18.4. The zero-order valence-corrected chi connectivity index (χ0v) is 14.2. The van der Waals surface area contributed by atoms with Crippen molar-refractivity contribution in [3.8, 4) is 0 Å². The average Bonchev–Trinajstić information content (AvgIpc) is 3.12. The second kappa shape index (κ2) is 6.56. The number of amides is 1. The Bertz CT molecular complexity index is 687. The molecule has 1 saturated heterocycles. The predicted octanol–water partition coefficient (Wildman–Crippen LogP) is 2.45. The second-order valence-corrected chi connectivity index (χ2v) is 6.44. The summed E-state index contributed by atoms with van der Waals surface area (Å²) in [6, 6.07) is 0.147. The molecule has 0 aliphatic carbocycles. The van der Waals surface area contributed by atoms with Crippen LogP contribution in [0, 0.1) is 13.8 Å². The maximum Gasteiger partial charge on any atom is 0.223 e. The van der Waals surface area contributed by atoms with Crippen molar-refractivity contribution < 1.29 is 4.79 Å². The van der Waals surface area contributed by atoms with Gasteiger partial charge in [-0.3, -0.25) is 14.6 Å². The fourth-order valence-corrected chi connectivity index (χ4v) is 3.40. The number of likely N-dealkylation sites (tertiary alicyclic amines) is 1. The number of carbonyl (C=O) groups excluding carboxylic acids is 1. The summed E-state index contributed by atoms with van der Waals surface area (Å²) in [4.78, 5) is 14.8. The molecule has 0 unspecified atom stereocenters. The van der Waals surface area contributed by atoms with Crippen LogP contribution in [-0.4, -0.2) is 37.3 Å². The number of hydrogen-bond donors (Lipinski definition) is 1. The molecule has 0 saturated carbocycles. The lowest BCUT2D eigenvalue weighted by molar-refractivity contribution is -0.135. The molecule has 0 radical (unpaired) electrons. The Kier molecular flexibility index (Phi) is 4.50.